The molecule has 0 aromatic heterocycles. The highest BCUT2D eigenvalue weighted by atomic mass is 16.3. The minimum Gasteiger partial charge on any atom is -0.396 e. The first-order valence-corrected chi connectivity index (χ1v) is 6.62. The topological polar surface area (TPSA) is 46.2 Å². The quantitative estimate of drug-likeness (QED) is 0.700. The molecule has 0 aliphatic heterocycles. The molecule has 2 rings (SSSR count). The van der Waals surface area contributed by atoms with Gasteiger partial charge in [-0.2, -0.15) is 0 Å². The Hall–Kier alpha value is -0.0800. The van der Waals surface area contributed by atoms with Gasteiger partial charge in [-0.05, 0) is 43.9 Å². The van der Waals surface area contributed by atoms with Crippen LogP contribution in [0.3, 0.4) is 0 Å². The summed E-state index contributed by atoms with van der Waals surface area (Å²) < 4.78 is 0. The molecule has 2 nitrogen and oxygen atoms in total. The second kappa shape index (κ2) is 4.84. The maximum atomic E-state index is 9.36. The molecule has 0 aromatic carbocycles. The van der Waals surface area contributed by atoms with E-state index >= 15 is 0 Å². The monoisotopic (exact) mass is 211 g/mol. The lowest BCUT2D eigenvalue weighted by Crippen LogP contribution is -2.41. The summed E-state index contributed by atoms with van der Waals surface area (Å²) in [6.45, 7) is 0.337. The maximum Gasteiger partial charge on any atom is 0.0459 e. The van der Waals surface area contributed by atoms with Crippen molar-refractivity contribution in [2.75, 3.05) is 6.61 Å². The zero-order valence-electron chi connectivity index (χ0n) is 9.75. The van der Waals surface area contributed by atoms with Gasteiger partial charge in [0.2, 0.25) is 0 Å². The second-order valence-corrected chi connectivity index (χ2v) is 5.84. The van der Waals surface area contributed by atoms with Crippen LogP contribution in [0.15, 0.2) is 0 Å². The van der Waals surface area contributed by atoms with Crippen molar-refractivity contribution in [3.8, 4) is 0 Å². The summed E-state index contributed by atoms with van der Waals surface area (Å²) in [7, 11) is 0. The molecule has 15 heavy (non-hydrogen) atoms. The molecule has 0 saturated heterocycles. The van der Waals surface area contributed by atoms with Gasteiger partial charge < -0.3 is 10.8 Å². The molecular weight excluding hydrogens is 186 g/mol. The zero-order chi connectivity index (χ0) is 10.7. The lowest BCUT2D eigenvalue weighted by atomic mass is 9.81. The average Bonchev–Trinajstić information content (AvgIpc) is 2.36. The van der Waals surface area contributed by atoms with E-state index in [-0.39, 0.29) is 5.54 Å². The number of aliphatic hydroxyl groups is 1. The summed E-state index contributed by atoms with van der Waals surface area (Å²) >= 11 is 0. The molecule has 2 heteroatoms. The van der Waals surface area contributed by atoms with Crippen molar-refractivity contribution in [3.63, 3.8) is 0 Å². The highest BCUT2D eigenvalue weighted by molar-refractivity contribution is 4.91. The molecule has 2 aliphatic carbocycles. The third kappa shape index (κ3) is 2.94. The van der Waals surface area contributed by atoms with Crippen LogP contribution in [0.2, 0.25) is 0 Å². The molecular formula is C13H25NO. The molecule has 0 heterocycles. The van der Waals surface area contributed by atoms with E-state index in [9.17, 15) is 5.11 Å². The Kier molecular flexibility index (Phi) is 3.68. The van der Waals surface area contributed by atoms with E-state index in [2.05, 4.69) is 0 Å². The Labute approximate surface area is 93.2 Å². The van der Waals surface area contributed by atoms with Gasteiger partial charge in [-0.15, -0.1) is 0 Å². The third-order valence-corrected chi connectivity index (χ3v) is 4.52. The van der Waals surface area contributed by atoms with Gasteiger partial charge in [0.25, 0.3) is 0 Å². The number of rotatable bonds is 1. The van der Waals surface area contributed by atoms with Gasteiger partial charge in [0.05, 0.1) is 0 Å². The van der Waals surface area contributed by atoms with Crippen LogP contribution in [0, 0.1) is 11.8 Å². The fourth-order valence-electron chi connectivity index (χ4n) is 3.52. The molecule has 0 aromatic rings. The van der Waals surface area contributed by atoms with Gasteiger partial charge in [-0.25, -0.2) is 0 Å². The van der Waals surface area contributed by atoms with E-state index < -0.39 is 0 Å². The SMILES string of the molecule is NC12CCC[C@H](CCCC(CO)C1)CC2. The lowest BCUT2D eigenvalue weighted by molar-refractivity contribution is 0.172. The van der Waals surface area contributed by atoms with Crippen LogP contribution in [0.25, 0.3) is 0 Å². The molecule has 2 bridgehead atoms. The molecule has 0 radical (unpaired) electrons. The first-order chi connectivity index (χ1) is 7.22. The Morgan fingerprint density at radius 3 is 2.67 bits per heavy atom. The van der Waals surface area contributed by atoms with Crippen molar-refractivity contribution < 1.29 is 5.11 Å². The fourth-order valence-corrected chi connectivity index (χ4v) is 3.52. The van der Waals surface area contributed by atoms with Crippen LogP contribution >= 0.6 is 0 Å². The molecule has 0 amide bonds. The molecule has 2 unspecified atom stereocenters. The minimum atomic E-state index is 0.0481. The van der Waals surface area contributed by atoms with Crippen molar-refractivity contribution >= 4 is 0 Å². The lowest BCUT2D eigenvalue weighted by Gasteiger charge is -2.31. The highest BCUT2D eigenvalue weighted by Crippen LogP contribution is 2.38. The summed E-state index contributed by atoms with van der Waals surface area (Å²) in [5.74, 6) is 1.39. The van der Waals surface area contributed by atoms with Crippen molar-refractivity contribution in [1.29, 1.82) is 0 Å². The zero-order valence-corrected chi connectivity index (χ0v) is 9.75. The summed E-state index contributed by atoms with van der Waals surface area (Å²) in [4.78, 5) is 0. The van der Waals surface area contributed by atoms with E-state index in [1.165, 1.54) is 51.4 Å². The van der Waals surface area contributed by atoms with Crippen LogP contribution in [-0.2, 0) is 0 Å². The van der Waals surface area contributed by atoms with Gasteiger partial charge in [-0.3, -0.25) is 0 Å². The van der Waals surface area contributed by atoms with E-state index in [1.807, 2.05) is 0 Å². The van der Waals surface area contributed by atoms with Crippen LogP contribution < -0.4 is 5.73 Å². The number of aliphatic hydroxyl groups excluding tert-OH is 1. The Morgan fingerprint density at radius 2 is 1.87 bits per heavy atom. The van der Waals surface area contributed by atoms with Crippen molar-refractivity contribution in [1.82, 2.24) is 0 Å². The number of fused-ring (bicyclic) bond motifs is 3. The normalized spacial score (nSPS) is 42.8. The average molecular weight is 211 g/mol. The predicted molar refractivity (Wildman–Crippen MR) is 62.5 cm³/mol. The smallest absolute Gasteiger partial charge is 0.0459 e. The molecule has 2 fully saturated rings. The molecule has 3 N–H and O–H groups in total. The highest BCUT2D eigenvalue weighted by Gasteiger charge is 2.32. The van der Waals surface area contributed by atoms with E-state index in [0.29, 0.717) is 12.5 Å². The first kappa shape index (κ1) is 11.4. The van der Waals surface area contributed by atoms with Crippen LogP contribution in [0.1, 0.15) is 57.8 Å². The van der Waals surface area contributed by atoms with Crippen LogP contribution in [-0.4, -0.2) is 17.3 Å². The van der Waals surface area contributed by atoms with Gasteiger partial charge in [0.1, 0.15) is 0 Å². The maximum absolute atomic E-state index is 9.36. The van der Waals surface area contributed by atoms with Crippen molar-refractivity contribution in [3.05, 3.63) is 0 Å². The fraction of sp³-hybridized carbons (Fsp3) is 1.00. The number of hydrogen-bond donors (Lipinski definition) is 2. The summed E-state index contributed by atoms with van der Waals surface area (Å²) in [5.41, 5.74) is 6.54. The van der Waals surface area contributed by atoms with E-state index in [0.717, 1.165) is 12.3 Å². The van der Waals surface area contributed by atoms with Gasteiger partial charge in [0.15, 0.2) is 0 Å². The first-order valence-electron chi connectivity index (χ1n) is 6.62. The molecule has 88 valence electrons. The van der Waals surface area contributed by atoms with Crippen LogP contribution in [0.5, 0.6) is 0 Å². The predicted octanol–water partition coefficient (Wildman–Crippen LogP) is 2.45. The number of hydrogen-bond acceptors (Lipinski definition) is 2. The Morgan fingerprint density at radius 1 is 1.07 bits per heavy atom. The molecule has 3 atom stereocenters. The van der Waals surface area contributed by atoms with Gasteiger partial charge >= 0.3 is 0 Å². The third-order valence-electron chi connectivity index (χ3n) is 4.52. The second-order valence-electron chi connectivity index (χ2n) is 5.84. The summed E-state index contributed by atoms with van der Waals surface area (Å²) in [6.07, 6.45) is 11.3. The van der Waals surface area contributed by atoms with E-state index in [4.69, 9.17) is 5.73 Å². The van der Waals surface area contributed by atoms with Crippen molar-refractivity contribution in [2.24, 2.45) is 17.6 Å². The van der Waals surface area contributed by atoms with E-state index in [1.54, 1.807) is 0 Å². The summed E-state index contributed by atoms with van der Waals surface area (Å²) in [6, 6.07) is 0. The van der Waals surface area contributed by atoms with Gasteiger partial charge in [0, 0.05) is 12.1 Å². The Bertz CT molecular complexity index is 207. The number of nitrogens with two attached hydrogens (primary N) is 1. The molecule has 0 spiro atoms. The molecule has 2 aliphatic rings. The standard InChI is InChI=1S/C13H25NO/c14-13-7-2-5-11(6-8-13)3-1-4-12(9-13)10-15/h11-12,15H,1-10,14H2/t11-,12?,13?/m0/s1. The van der Waals surface area contributed by atoms with Crippen molar-refractivity contribution in [2.45, 2.75) is 63.3 Å². The largest absolute Gasteiger partial charge is 0.396 e. The Balaban J connectivity index is 2.07. The molecule has 2 saturated carbocycles. The minimum absolute atomic E-state index is 0.0481. The van der Waals surface area contributed by atoms with Gasteiger partial charge in [-0.1, -0.05) is 25.7 Å². The summed E-state index contributed by atoms with van der Waals surface area (Å²) in [5, 5.41) is 9.36. The van der Waals surface area contributed by atoms with Crippen LogP contribution in [0.4, 0.5) is 0 Å².